The van der Waals surface area contributed by atoms with Crippen LogP contribution in [0, 0.1) is 0 Å². The van der Waals surface area contributed by atoms with Crippen LogP contribution in [0.3, 0.4) is 0 Å². The molecule has 2 aliphatic rings. The Balaban J connectivity index is 1.32. The van der Waals surface area contributed by atoms with E-state index in [2.05, 4.69) is 29.4 Å². The lowest BCUT2D eigenvalue weighted by molar-refractivity contribution is -0.137. The van der Waals surface area contributed by atoms with E-state index >= 15 is 0 Å². The molecule has 5 nitrogen and oxygen atoms in total. The Bertz CT molecular complexity index is 1220. The van der Waals surface area contributed by atoms with E-state index in [1.807, 2.05) is 6.07 Å². The summed E-state index contributed by atoms with van der Waals surface area (Å²) in [6.07, 6.45) is -1.61. The number of hydrogen-bond donors (Lipinski definition) is 1. The smallest absolute Gasteiger partial charge is 0.416 e. The van der Waals surface area contributed by atoms with Crippen molar-refractivity contribution in [3.8, 4) is 11.4 Å². The van der Waals surface area contributed by atoms with E-state index in [1.54, 1.807) is 16.8 Å². The SMILES string of the molecule is CN1c2cc(-n3ccc(OCc4ccc(C(F)(F)F)cc4)cc3=O)ccc2C2CNCCC21. The van der Waals surface area contributed by atoms with Gasteiger partial charge >= 0.3 is 6.18 Å². The number of likely N-dealkylation sites (N-methyl/N-ethyl adjacent to an activating group) is 1. The molecular weight excluding hydrogens is 431 g/mol. The highest BCUT2D eigenvalue weighted by atomic mass is 19.4. The number of benzene rings is 2. The molecule has 3 heterocycles. The lowest BCUT2D eigenvalue weighted by Gasteiger charge is -2.31. The van der Waals surface area contributed by atoms with E-state index in [0.717, 1.165) is 43.0 Å². The van der Waals surface area contributed by atoms with Crippen LogP contribution in [0.2, 0.25) is 0 Å². The van der Waals surface area contributed by atoms with Crippen LogP contribution >= 0.6 is 0 Å². The summed E-state index contributed by atoms with van der Waals surface area (Å²) in [4.78, 5) is 15.1. The fourth-order valence-electron chi connectivity index (χ4n) is 4.83. The summed E-state index contributed by atoms with van der Waals surface area (Å²) in [5.74, 6) is 0.831. The molecule has 8 heteroatoms. The zero-order chi connectivity index (χ0) is 23.2. The highest BCUT2D eigenvalue weighted by molar-refractivity contribution is 5.65. The monoisotopic (exact) mass is 455 g/mol. The zero-order valence-electron chi connectivity index (χ0n) is 18.1. The number of nitrogens with zero attached hydrogens (tertiary/aromatic N) is 2. The van der Waals surface area contributed by atoms with Gasteiger partial charge in [0.15, 0.2) is 0 Å². The summed E-state index contributed by atoms with van der Waals surface area (Å²) in [6.45, 7) is 2.05. The predicted molar refractivity (Wildman–Crippen MR) is 120 cm³/mol. The molecule has 2 aromatic carbocycles. The normalized spacial score (nSPS) is 19.8. The fraction of sp³-hybridized carbons (Fsp3) is 0.320. The van der Waals surface area contributed by atoms with Gasteiger partial charge in [0.05, 0.1) is 11.3 Å². The third kappa shape index (κ3) is 4.11. The second-order valence-electron chi connectivity index (χ2n) is 8.57. The first-order valence-electron chi connectivity index (χ1n) is 10.9. The maximum Gasteiger partial charge on any atom is 0.416 e. The first-order valence-corrected chi connectivity index (χ1v) is 10.9. The van der Waals surface area contributed by atoms with Gasteiger partial charge in [-0.05, 0) is 54.4 Å². The van der Waals surface area contributed by atoms with Crippen LogP contribution < -0.4 is 20.5 Å². The maximum atomic E-state index is 12.8. The zero-order valence-corrected chi connectivity index (χ0v) is 18.1. The molecule has 172 valence electrons. The molecule has 0 aliphatic carbocycles. The summed E-state index contributed by atoms with van der Waals surface area (Å²) < 4.78 is 45.3. The molecule has 2 unspecified atom stereocenters. The van der Waals surface area contributed by atoms with Crippen molar-refractivity contribution >= 4 is 5.69 Å². The van der Waals surface area contributed by atoms with Gasteiger partial charge in [-0.3, -0.25) is 9.36 Å². The van der Waals surface area contributed by atoms with Crippen LogP contribution in [0.25, 0.3) is 5.69 Å². The van der Waals surface area contributed by atoms with Gasteiger partial charge in [0.1, 0.15) is 12.4 Å². The number of fused-ring (bicyclic) bond motifs is 3. The molecule has 0 saturated carbocycles. The molecule has 2 aliphatic heterocycles. The molecule has 1 aromatic heterocycles. The molecule has 1 fully saturated rings. The molecule has 0 amide bonds. The number of halogens is 3. The van der Waals surface area contributed by atoms with Crippen molar-refractivity contribution in [1.29, 1.82) is 0 Å². The number of ether oxygens (including phenoxy) is 1. The lowest BCUT2D eigenvalue weighted by atomic mass is 9.90. The number of rotatable bonds is 4. The van der Waals surface area contributed by atoms with Crippen molar-refractivity contribution in [3.63, 3.8) is 0 Å². The second-order valence-corrected chi connectivity index (χ2v) is 8.57. The highest BCUT2D eigenvalue weighted by Gasteiger charge is 2.38. The van der Waals surface area contributed by atoms with Crippen LogP contribution in [0.1, 0.15) is 29.0 Å². The van der Waals surface area contributed by atoms with E-state index < -0.39 is 11.7 Å². The molecule has 1 N–H and O–H groups in total. The first kappa shape index (κ1) is 21.6. The summed E-state index contributed by atoms with van der Waals surface area (Å²) in [5.41, 5.74) is 2.89. The number of hydrogen-bond acceptors (Lipinski definition) is 4. The van der Waals surface area contributed by atoms with Gasteiger partial charge in [0.2, 0.25) is 0 Å². The predicted octanol–water partition coefficient (Wildman–Crippen LogP) is 4.33. The minimum absolute atomic E-state index is 0.0715. The Kier molecular flexibility index (Phi) is 5.40. The molecule has 33 heavy (non-hydrogen) atoms. The van der Waals surface area contributed by atoms with E-state index in [0.29, 0.717) is 23.3 Å². The number of aromatic nitrogens is 1. The van der Waals surface area contributed by atoms with E-state index in [1.165, 1.54) is 23.8 Å². The van der Waals surface area contributed by atoms with Crippen molar-refractivity contribution < 1.29 is 17.9 Å². The standard InChI is InChI=1S/C25H24F3N3O2/c1-30-22-8-10-29-14-21(22)20-7-6-18(12-23(20)30)31-11-9-19(13-24(31)32)33-15-16-2-4-17(5-3-16)25(26,27)28/h2-7,9,11-13,21-22,29H,8,10,14-15H2,1H3. The Morgan fingerprint density at radius 2 is 1.88 bits per heavy atom. The van der Waals surface area contributed by atoms with Gasteiger partial charge in [-0.2, -0.15) is 13.2 Å². The van der Waals surface area contributed by atoms with Gasteiger partial charge in [0, 0.05) is 43.5 Å². The van der Waals surface area contributed by atoms with Gasteiger partial charge in [-0.1, -0.05) is 18.2 Å². The van der Waals surface area contributed by atoms with Crippen LogP contribution in [0.4, 0.5) is 18.9 Å². The number of pyridine rings is 1. The van der Waals surface area contributed by atoms with Gasteiger partial charge in [-0.25, -0.2) is 0 Å². The molecule has 0 radical (unpaired) electrons. The Hall–Kier alpha value is -3.26. The van der Waals surface area contributed by atoms with Crippen molar-refractivity contribution in [2.75, 3.05) is 25.0 Å². The Morgan fingerprint density at radius 3 is 2.61 bits per heavy atom. The summed E-state index contributed by atoms with van der Waals surface area (Å²) in [5, 5.41) is 3.47. The lowest BCUT2D eigenvalue weighted by Crippen LogP contribution is -2.42. The Morgan fingerprint density at radius 1 is 1.09 bits per heavy atom. The maximum absolute atomic E-state index is 12.8. The topological polar surface area (TPSA) is 46.5 Å². The van der Waals surface area contributed by atoms with Crippen molar-refractivity contribution in [2.24, 2.45) is 0 Å². The number of piperidine rings is 1. The van der Waals surface area contributed by atoms with Crippen molar-refractivity contribution in [1.82, 2.24) is 9.88 Å². The molecule has 5 rings (SSSR count). The average Bonchev–Trinajstić information content (AvgIpc) is 3.09. The molecular formula is C25H24F3N3O2. The summed E-state index contributed by atoms with van der Waals surface area (Å²) in [7, 11) is 2.11. The largest absolute Gasteiger partial charge is 0.489 e. The molecule has 3 aromatic rings. The quantitative estimate of drug-likeness (QED) is 0.636. The number of nitrogens with one attached hydrogen (secondary N) is 1. The summed E-state index contributed by atoms with van der Waals surface area (Å²) >= 11 is 0. The highest BCUT2D eigenvalue weighted by Crippen LogP contribution is 2.43. The Labute approximate surface area is 189 Å². The minimum atomic E-state index is -4.37. The minimum Gasteiger partial charge on any atom is -0.489 e. The van der Waals surface area contributed by atoms with Crippen molar-refractivity contribution in [3.05, 3.63) is 87.8 Å². The van der Waals surface area contributed by atoms with Gasteiger partial charge in [0.25, 0.3) is 5.56 Å². The third-order valence-electron chi connectivity index (χ3n) is 6.59. The fourth-order valence-corrected chi connectivity index (χ4v) is 4.83. The number of anilines is 1. The molecule has 0 bridgehead atoms. The molecule has 1 saturated heterocycles. The first-order chi connectivity index (χ1) is 15.8. The van der Waals surface area contributed by atoms with Crippen LogP contribution in [0.15, 0.2) is 65.6 Å². The molecule has 0 spiro atoms. The third-order valence-corrected chi connectivity index (χ3v) is 6.59. The van der Waals surface area contributed by atoms with E-state index in [4.69, 9.17) is 4.74 Å². The summed E-state index contributed by atoms with van der Waals surface area (Å²) in [6, 6.07) is 14.5. The van der Waals surface area contributed by atoms with Crippen LogP contribution in [-0.2, 0) is 12.8 Å². The average molecular weight is 455 g/mol. The second kappa shape index (κ2) is 8.26. The van der Waals surface area contributed by atoms with Gasteiger partial charge < -0.3 is 15.0 Å². The van der Waals surface area contributed by atoms with E-state index in [-0.39, 0.29) is 12.2 Å². The van der Waals surface area contributed by atoms with Gasteiger partial charge in [-0.15, -0.1) is 0 Å². The van der Waals surface area contributed by atoms with Crippen molar-refractivity contribution in [2.45, 2.75) is 31.2 Å². The van der Waals surface area contributed by atoms with Crippen LogP contribution in [0.5, 0.6) is 5.75 Å². The number of alkyl halides is 3. The van der Waals surface area contributed by atoms with Crippen LogP contribution in [-0.4, -0.2) is 30.7 Å². The molecule has 2 atom stereocenters. The van der Waals surface area contributed by atoms with E-state index in [9.17, 15) is 18.0 Å².